The predicted octanol–water partition coefficient (Wildman–Crippen LogP) is 2.71. The highest BCUT2D eigenvalue weighted by atomic mass is 32.1. The molecular weight excluding hydrogens is 168 g/mol. The highest BCUT2D eigenvalue weighted by Gasteiger charge is 2.03. The van der Waals surface area contributed by atoms with Crippen LogP contribution < -0.4 is 4.74 Å². The molecule has 2 heteroatoms. The van der Waals surface area contributed by atoms with Gasteiger partial charge in [0.15, 0.2) is 0 Å². The number of ether oxygens (including phenoxy) is 1. The molecule has 1 aromatic rings. The molecule has 0 N–H and O–H groups in total. The summed E-state index contributed by atoms with van der Waals surface area (Å²) in [6, 6.07) is 5.89. The second-order valence-corrected chi connectivity index (χ2v) is 2.94. The van der Waals surface area contributed by atoms with E-state index < -0.39 is 0 Å². The molecule has 1 rings (SSSR count). The first kappa shape index (κ1) is 9.20. The number of para-hydroxylation sites is 1. The molecule has 0 aliphatic carbocycles. The summed E-state index contributed by atoms with van der Waals surface area (Å²) in [5.74, 6) is 0.848. The first-order valence-corrected chi connectivity index (χ1v) is 4.20. The van der Waals surface area contributed by atoms with E-state index >= 15 is 0 Å². The maximum Gasteiger partial charge on any atom is 0.135 e. The van der Waals surface area contributed by atoms with Crippen LogP contribution in [-0.4, -0.2) is 7.11 Å². The summed E-state index contributed by atoms with van der Waals surface area (Å²) in [4.78, 5) is 0.872. The van der Waals surface area contributed by atoms with Crippen LogP contribution in [0.4, 0.5) is 0 Å². The van der Waals surface area contributed by atoms with Crippen molar-refractivity contribution in [3.8, 4) is 5.75 Å². The maximum absolute atomic E-state index is 5.20. The van der Waals surface area contributed by atoms with E-state index in [4.69, 9.17) is 4.74 Å². The van der Waals surface area contributed by atoms with Crippen molar-refractivity contribution in [2.75, 3.05) is 7.11 Å². The van der Waals surface area contributed by atoms with Crippen molar-refractivity contribution < 1.29 is 4.74 Å². The van der Waals surface area contributed by atoms with E-state index in [1.165, 1.54) is 0 Å². The zero-order valence-corrected chi connectivity index (χ0v) is 7.97. The monoisotopic (exact) mass is 180 g/mol. The number of hydrogen-bond donors (Lipinski definition) is 1. The third kappa shape index (κ3) is 1.83. The van der Waals surface area contributed by atoms with Crippen LogP contribution in [0.15, 0.2) is 35.7 Å². The number of allylic oxidation sites excluding steroid dienone is 1. The Hall–Kier alpha value is -0.890. The molecule has 0 saturated carbocycles. The molecule has 0 heterocycles. The maximum atomic E-state index is 5.20. The highest BCUT2D eigenvalue weighted by molar-refractivity contribution is 7.80. The average molecular weight is 180 g/mol. The molecule has 0 radical (unpaired) electrons. The number of methoxy groups -OCH3 is 1. The van der Waals surface area contributed by atoms with Crippen molar-refractivity contribution in [3.63, 3.8) is 0 Å². The normalized spacial score (nSPS) is 9.50. The van der Waals surface area contributed by atoms with Crippen molar-refractivity contribution in [3.05, 3.63) is 36.4 Å². The van der Waals surface area contributed by atoms with Crippen LogP contribution in [0.3, 0.4) is 0 Å². The van der Waals surface area contributed by atoms with E-state index in [2.05, 4.69) is 19.2 Å². The summed E-state index contributed by atoms with van der Waals surface area (Å²) in [5, 5.41) is 0. The lowest BCUT2D eigenvalue weighted by atomic mass is 10.1. The minimum absolute atomic E-state index is 0.817. The summed E-state index contributed by atoms with van der Waals surface area (Å²) >= 11 is 4.28. The number of benzene rings is 1. The molecule has 0 aromatic heterocycles. The Labute approximate surface area is 78.5 Å². The van der Waals surface area contributed by atoms with E-state index in [0.717, 1.165) is 22.6 Å². The SMILES string of the molecule is C=CCc1cccc(S)c1OC. The summed E-state index contributed by atoms with van der Waals surface area (Å²) < 4.78 is 5.20. The Morgan fingerprint density at radius 3 is 2.92 bits per heavy atom. The highest BCUT2D eigenvalue weighted by Crippen LogP contribution is 2.26. The topological polar surface area (TPSA) is 9.23 Å². The summed E-state index contributed by atoms with van der Waals surface area (Å²) in [6.45, 7) is 3.68. The van der Waals surface area contributed by atoms with Crippen LogP contribution in [0.25, 0.3) is 0 Å². The second kappa shape index (κ2) is 4.21. The molecular formula is C10H12OS. The van der Waals surface area contributed by atoms with Crippen LogP contribution in [0.1, 0.15) is 5.56 Å². The zero-order valence-electron chi connectivity index (χ0n) is 7.08. The fraction of sp³-hybridized carbons (Fsp3) is 0.200. The standard InChI is InChI=1S/C10H12OS/c1-3-5-8-6-4-7-9(12)10(8)11-2/h3-4,6-7,12H,1,5H2,2H3. The van der Waals surface area contributed by atoms with Crippen molar-refractivity contribution in [1.29, 1.82) is 0 Å². The van der Waals surface area contributed by atoms with Gasteiger partial charge in [-0.05, 0) is 18.1 Å². The van der Waals surface area contributed by atoms with Gasteiger partial charge in [0.05, 0.1) is 7.11 Å². The van der Waals surface area contributed by atoms with Gasteiger partial charge in [-0.2, -0.15) is 0 Å². The van der Waals surface area contributed by atoms with Crippen LogP contribution in [0, 0.1) is 0 Å². The van der Waals surface area contributed by atoms with Crippen molar-refractivity contribution in [2.45, 2.75) is 11.3 Å². The lowest BCUT2D eigenvalue weighted by Gasteiger charge is -2.08. The molecule has 0 aliphatic rings. The number of thiol groups is 1. The van der Waals surface area contributed by atoms with Gasteiger partial charge in [0.25, 0.3) is 0 Å². The zero-order chi connectivity index (χ0) is 8.97. The molecule has 0 unspecified atom stereocenters. The molecule has 0 bridgehead atoms. The Morgan fingerprint density at radius 1 is 1.58 bits per heavy atom. The summed E-state index contributed by atoms with van der Waals surface area (Å²) in [5.41, 5.74) is 1.12. The van der Waals surface area contributed by atoms with Crippen LogP contribution in [-0.2, 0) is 6.42 Å². The van der Waals surface area contributed by atoms with Gasteiger partial charge in [0.1, 0.15) is 5.75 Å². The Morgan fingerprint density at radius 2 is 2.33 bits per heavy atom. The Bertz CT molecular complexity index is 281. The average Bonchev–Trinajstić information content (AvgIpc) is 2.05. The molecule has 64 valence electrons. The third-order valence-corrected chi connectivity index (χ3v) is 2.00. The van der Waals surface area contributed by atoms with Gasteiger partial charge in [-0.3, -0.25) is 0 Å². The molecule has 1 aromatic carbocycles. The van der Waals surface area contributed by atoms with Crippen molar-refractivity contribution in [1.82, 2.24) is 0 Å². The van der Waals surface area contributed by atoms with E-state index in [1.54, 1.807) is 7.11 Å². The van der Waals surface area contributed by atoms with Crippen LogP contribution >= 0.6 is 12.6 Å². The first-order valence-electron chi connectivity index (χ1n) is 3.75. The lowest BCUT2D eigenvalue weighted by molar-refractivity contribution is 0.401. The van der Waals surface area contributed by atoms with Gasteiger partial charge >= 0.3 is 0 Å². The minimum atomic E-state index is 0.817. The molecule has 0 spiro atoms. The molecule has 12 heavy (non-hydrogen) atoms. The van der Waals surface area contributed by atoms with E-state index in [9.17, 15) is 0 Å². The van der Waals surface area contributed by atoms with Gasteiger partial charge in [0.2, 0.25) is 0 Å². The van der Waals surface area contributed by atoms with Crippen molar-refractivity contribution in [2.24, 2.45) is 0 Å². The van der Waals surface area contributed by atoms with Crippen molar-refractivity contribution >= 4 is 12.6 Å². The number of rotatable bonds is 3. The Balaban J connectivity index is 3.08. The van der Waals surface area contributed by atoms with Crippen LogP contribution in [0.2, 0.25) is 0 Å². The van der Waals surface area contributed by atoms with Gasteiger partial charge < -0.3 is 4.74 Å². The summed E-state index contributed by atoms with van der Waals surface area (Å²) in [6.07, 6.45) is 2.67. The van der Waals surface area contributed by atoms with Crippen LogP contribution in [0.5, 0.6) is 5.75 Å². The quantitative estimate of drug-likeness (QED) is 0.556. The van der Waals surface area contributed by atoms with E-state index in [1.807, 2.05) is 24.3 Å². The fourth-order valence-electron chi connectivity index (χ4n) is 1.12. The largest absolute Gasteiger partial charge is 0.495 e. The first-order chi connectivity index (χ1) is 5.79. The molecule has 1 nitrogen and oxygen atoms in total. The van der Waals surface area contributed by atoms with E-state index in [0.29, 0.717) is 0 Å². The third-order valence-electron chi connectivity index (χ3n) is 1.64. The molecule has 0 atom stereocenters. The molecule has 0 aliphatic heterocycles. The molecule has 0 amide bonds. The smallest absolute Gasteiger partial charge is 0.135 e. The second-order valence-electron chi connectivity index (χ2n) is 2.46. The van der Waals surface area contributed by atoms with Gasteiger partial charge in [-0.15, -0.1) is 19.2 Å². The number of hydrogen-bond acceptors (Lipinski definition) is 2. The van der Waals surface area contributed by atoms with Gasteiger partial charge in [-0.25, -0.2) is 0 Å². The summed E-state index contributed by atoms with van der Waals surface area (Å²) in [7, 11) is 1.65. The lowest BCUT2D eigenvalue weighted by Crippen LogP contribution is -1.91. The predicted molar refractivity (Wildman–Crippen MR) is 54.1 cm³/mol. The molecule has 0 fully saturated rings. The minimum Gasteiger partial charge on any atom is -0.495 e. The Kier molecular flexibility index (Phi) is 3.23. The van der Waals surface area contributed by atoms with E-state index in [-0.39, 0.29) is 0 Å². The molecule has 0 saturated heterocycles. The van der Waals surface area contributed by atoms with Gasteiger partial charge in [-0.1, -0.05) is 18.2 Å². The van der Waals surface area contributed by atoms with Gasteiger partial charge in [0, 0.05) is 4.90 Å². The fourth-order valence-corrected chi connectivity index (χ4v) is 1.44.